The lowest BCUT2D eigenvalue weighted by Crippen LogP contribution is -2.22. The van der Waals surface area contributed by atoms with Crippen molar-refractivity contribution in [3.05, 3.63) is 88.5 Å². The average molecular weight is 313 g/mol. The van der Waals surface area contributed by atoms with Gasteiger partial charge >= 0.3 is 0 Å². The lowest BCUT2D eigenvalue weighted by molar-refractivity contribution is 0.0980. The van der Waals surface area contributed by atoms with Crippen molar-refractivity contribution in [2.45, 2.75) is 6.92 Å². The first-order chi connectivity index (χ1) is 11.6. The highest BCUT2D eigenvalue weighted by atomic mass is 16.1. The smallest absolute Gasteiger partial charge is 0.196 e. The van der Waals surface area contributed by atoms with Crippen LogP contribution in [0.5, 0.6) is 0 Å². The molecule has 1 aliphatic rings. The summed E-state index contributed by atoms with van der Waals surface area (Å²) in [5, 5.41) is 0. The van der Waals surface area contributed by atoms with Crippen molar-refractivity contribution in [2.24, 2.45) is 0 Å². The van der Waals surface area contributed by atoms with Gasteiger partial charge in [0.15, 0.2) is 11.6 Å². The number of hydrogen-bond acceptors (Lipinski definition) is 3. The van der Waals surface area contributed by atoms with Gasteiger partial charge in [-0.15, -0.1) is 0 Å². The molecule has 3 aromatic carbocycles. The van der Waals surface area contributed by atoms with Crippen molar-refractivity contribution >= 4 is 17.3 Å². The van der Waals surface area contributed by atoms with E-state index in [0.29, 0.717) is 27.9 Å². The van der Waals surface area contributed by atoms with Gasteiger partial charge in [0, 0.05) is 22.3 Å². The Balaban J connectivity index is 1.99. The highest BCUT2D eigenvalue weighted by molar-refractivity contribution is 6.30. The van der Waals surface area contributed by atoms with E-state index in [1.165, 1.54) is 0 Å². The number of aryl methyl sites for hydroxylation is 1. The largest absolute Gasteiger partial charge is 0.398 e. The first kappa shape index (κ1) is 14.4. The Kier molecular flexibility index (Phi) is 3.10. The van der Waals surface area contributed by atoms with E-state index in [2.05, 4.69) is 0 Å². The molecular formula is C21H15NO2. The molecule has 0 bridgehead atoms. The van der Waals surface area contributed by atoms with Gasteiger partial charge in [0.05, 0.1) is 11.3 Å². The topological polar surface area (TPSA) is 60.2 Å². The van der Waals surface area contributed by atoms with Gasteiger partial charge in [-0.1, -0.05) is 54.6 Å². The minimum absolute atomic E-state index is 0.150. The van der Waals surface area contributed by atoms with E-state index < -0.39 is 0 Å². The monoisotopic (exact) mass is 313 g/mol. The highest BCUT2D eigenvalue weighted by Crippen LogP contribution is 2.37. The number of nitrogens with two attached hydrogens (primary N) is 1. The minimum Gasteiger partial charge on any atom is -0.398 e. The van der Waals surface area contributed by atoms with Crippen LogP contribution in [0.25, 0.3) is 11.1 Å². The third-order valence-electron chi connectivity index (χ3n) is 4.57. The summed E-state index contributed by atoms with van der Waals surface area (Å²) < 4.78 is 0. The Hall–Kier alpha value is -3.20. The molecule has 3 nitrogen and oxygen atoms in total. The van der Waals surface area contributed by atoms with Crippen molar-refractivity contribution in [2.75, 3.05) is 5.73 Å². The highest BCUT2D eigenvalue weighted by Gasteiger charge is 2.32. The number of anilines is 1. The number of carbonyl (C=O) groups is 2. The van der Waals surface area contributed by atoms with E-state index in [4.69, 9.17) is 5.73 Å². The number of benzene rings is 3. The summed E-state index contributed by atoms with van der Waals surface area (Å²) >= 11 is 0. The summed E-state index contributed by atoms with van der Waals surface area (Å²) in [4.78, 5) is 25.6. The van der Waals surface area contributed by atoms with E-state index in [-0.39, 0.29) is 11.6 Å². The standard InChI is InChI=1S/C21H15NO2/c1-12-6-2-3-7-13(12)14-10-11-17-18(19(14)22)21(24)16-9-5-4-8-15(16)20(17)23/h2-11H,22H2,1H3. The van der Waals surface area contributed by atoms with Crippen LogP contribution in [0.15, 0.2) is 60.7 Å². The van der Waals surface area contributed by atoms with Gasteiger partial charge in [-0.25, -0.2) is 0 Å². The van der Waals surface area contributed by atoms with E-state index >= 15 is 0 Å². The van der Waals surface area contributed by atoms with Crippen molar-refractivity contribution in [1.29, 1.82) is 0 Å². The molecule has 0 spiro atoms. The van der Waals surface area contributed by atoms with Crippen LogP contribution in [0.1, 0.15) is 37.4 Å². The fourth-order valence-corrected chi connectivity index (χ4v) is 3.32. The normalized spacial score (nSPS) is 12.7. The van der Waals surface area contributed by atoms with Crippen LogP contribution in [0.3, 0.4) is 0 Å². The summed E-state index contributed by atoms with van der Waals surface area (Å²) in [5.41, 5.74) is 11.1. The number of nitrogen functional groups attached to an aromatic ring is 1. The SMILES string of the molecule is Cc1ccccc1-c1ccc2c(c1N)C(=O)c1ccccc1C2=O. The summed E-state index contributed by atoms with van der Waals surface area (Å²) in [5.74, 6) is -0.337. The molecule has 4 rings (SSSR count). The third-order valence-corrected chi connectivity index (χ3v) is 4.57. The molecule has 24 heavy (non-hydrogen) atoms. The summed E-state index contributed by atoms with van der Waals surface area (Å²) in [6.45, 7) is 2.00. The molecule has 0 aliphatic heterocycles. The van der Waals surface area contributed by atoms with Crippen LogP contribution < -0.4 is 5.73 Å². The van der Waals surface area contributed by atoms with E-state index in [9.17, 15) is 9.59 Å². The van der Waals surface area contributed by atoms with Gasteiger partial charge in [-0.2, -0.15) is 0 Å². The maximum atomic E-state index is 12.9. The molecule has 0 amide bonds. The first-order valence-corrected chi connectivity index (χ1v) is 7.76. The third kappa shape index (κ3) is 1.91. The second kappa shape index (κ2) is 5.17. The molecule has 0 aromatic heterocycles. The van der Waals surface area contributed by atoms with Crippen LogP contribution in [0.4, 0.5) is 5.69 Å². The molecule has 116 valence electrons. The van der Waals surface area contributed by atoms with Crippen LogP contribution in [-0.2, 0) is 0 Å². The Bertz CT molecular complexity index is 1020. The van der Waals surface area contributed by atoms with Gasteiger partial charge in [-0.05, 0) is 24.1 Å². The predicted molar refractivity (Wildman–Crippen MR) is 94.3 cm³/mol. The molecule has 0 fully saturated rings. The van der Waals surface area contributed by atoms with Crippen molar-refractivity contribution in [3.8, 4) is 11.1 Å². The molecule has 0 saturated carbocycles. The Labute approximate surface area is 139 Å². The fraction of sp³-hybridized carbons (Fsp3) is 0.0476. The number of ketones is 2. The van der Waals surface area contributed by atoms with Gasteiger partial charge in [0.25, 0.3) is 0 Å². The quantitative estimate of drug-likeness (QED) is 0.540. The van der Waals surface area contributed by atoms with Gasteiger partial charge < -0.3 is 5.73 Å². The molecule has 0 heterocycles. The lowest BCUT2D eigenvalue weighted by Gasteiger charge is -2.21. The second-order valence-electron chi connectivity index (χ2n) is 5.97. The van der Waals surface area contributed by atoms with Crippen molar-refractivity contribution in [1.82, 2.24) is 0 Å². The zero-order valence-corrected chi connectivity index (χ0v) is 13.2. The predicted octanol–water partition coefficient (Wildman–Crippen LogP) is 4.02. The number of hydrogen-bond donors (Lipinski definition) is 1. The van der Waals surface area contributed by atoms with Gasteiger partial charge in [0.1, 0.15) is 0 Å². The molecule has 3 aromatic rings. The van der Waals surface area contributed by atoms with Gasteiger partial charge in [-0.3, -0.25) is 9.59 Å². The summed E-state index contributed by atoms with van der Waals surface area (Å²) in [7, 11) is 0. The number of carbonyl (C=O) groups excluding carboxylic acids is 2. The maximum Gasteiger partial charge on any atom is 0.196 e. The summed E-state index contributed by atoms with van der Waals surface area (Å²) in [6.07, 6.45) is 0. The summed E-state index contributed by atoms with van der Waals surface area (Å²) in [6, 6.07) is 18.3. The number of rotatable bonds is 1. The van der Waals surface area contributed by atoms with Crippen LogP contribution in [-0.4, -0.2) is 11.6 Å². The molecule has 0 radical (unpaired) electrons. The maximum absolute atomic E-state index is 12.9. The molecule has 0 atom stereocenters. The Morgan fingerprint density at radius 1 is 0.625 bits per heavy atom. The Morgan fingerprint density at radius 3 is 1.83 bits per heavy atom. The van der Waals surface area contributed by atoms with Crippen LogP contribution >= 0.6 is 0 Å². The average Bonchev–Trinajstić information content (AvgIpc) is 2.60. The molecular weight excluding hydrogens is 298 g/mol. The molecule has 1 aliphatic carbocycles. The lowest BCUT2D eigenvalue weighted by atomic mass is 9.81. The fourth-order valence-electron chi connectivity index (χ4n) is 3.32. The van der Waals surface area contributed by atoms with Crippen molar-refractivity contribution < 1.29 is 9.59 Å². The molecule has 3 heteroatoms. The Morgan fingerprint density at radius 2 is 1.17 bits per heavy atom. The minimum atomic E-state index is -0.187. The van der Waals surface area contributed by atoms with Crippen molar-refractivity contribution in [3.63, 3.8) is 0 Å². The van der Waals surface area contributed by atoms with Crippen LogP contribution in [0.2, 0.25) is 0 Å². The second-order valence-corrected chi connectivity index (χ2v) is 5.97. The molecule has 0 unspecified atom stereocenters. The zero-order valence-electron chi connectivity index (χ0n) is 13.2. The molecule has 2 N–H and O–H groups in total. The van der Waals surface area contributed by atoms with E-state index in [1.54, 1.807) is 30.3 Å². The first-order valence-electron chi connectivity index (χ1n) is 7.76. The van der Waals surface area contributed by atoms with Crippen LogP contribution in [0, 0.1) is 6.92 Å². The molecule has 0 saturated heterocycles. The number of fused-ring (bicyclic) bond motifs is 2. The zero-order chi connectivity index (χ0) is 16.8. The van der Waals surface area contributed by atoms with E-state index in [1.807, 2.05) is 37.3 Å². The van der Waals surface area contributed by atoms with E-state index in [0.717, 1.165) is 16.7 Å². The van der Waals surface area contributed by atoms with Gasteiger partial charge in [0.2, 0.25) is 0 Å².